The monoisotopic (exact) mass is 577 g/mol. The van der Waals surface area contributed by atoms with Crippen LogP contribution in [-0.2, 0) is 22.3 Å². The number of rotatable bonds is 9. The van der Waals surface area contributed by atoms with Gasteiger partial charge in [-0.2, -0.15) is 0 Å². The minimum atomic E-state index is -3.37. The molecule has 1 heterocycles. The molecule has 7 nitrogen and oxygen atoms in total. The first kappa shape index (κ1) is 27.3. The summed E-state index contributed by atoms with van der Waals surface area (Å²) >= 11 is 0. The quantitative estimate of drug-likeness (QED) is 0.239. The van der Waals surface area contributed by atoms with Gasteiger partial charge in [0, 0.05) is 37.8 Å². The topological polar surface area (TPSA) is 85.8 Å². The number of benzene rings is 1. The summed E-state index contributed by atoms with van der Waals surface area (Å²) in [6.07, 6.45) is 6.55. The number of halogens is 1. The fourth-order valence-corrected chi connectivity index (χ4v) is 6.13. The van der Waals surface area contributed by atoms with Crippen LogP contribution < -0.4 is 15.4 Å². The highest BCUT2D eigenvalue weighted by Gasteiger charge is 2.30. The van der Waals surface area contributed by atoms with Crippen molar-refractivity contribution in [3.8, 4) is 0 Å². The second kappa shape index (κ2) is 13.1. The van der Waals surface area contributed by atoms with Gasteiger partial charge in [0.05, 0.1) is 12.3 Å². The van der Waals surface area contributed by atoms with Gasteiger partial charge in [0.25, 0.3) is 0 Å². The van der Waals surface area contributed by atoms with Crippen molar-refractivity contribution < 1.29 is 8.42 Å². The highest BCUT2D eigenvalue weighted by molar-refractivity contribution is 14.0. The largest absolute Gasteiger partial charge is 0.357 e. The molecule has 9 heteroatoms. The molecular formula is C23H40IN5O2S. The second-order valence-corrected chi connectivity index (χ2v) is 10.8. The van der Waals surface area contributed by atoms with Crippen molar-refractivity contribution >= 4 is 40.0 Å². The molecule has 182 valence electrons. The number of nitrogens with one attached hydrogen (secondary N) is 3. The first-order valence-electron chi connectivity index (χ1n) is 11.7. The van der Waals surface area contributed by atoms with E-state index in [0.29, 0.717) is 12.6 Å². The van der Waals surface area contributed by atoms with Gasteiger partial charge in [-0.3, -0.25) is 4.90 Å². The molecular weight excluding hydrogens is 537 g/mol. The zero-order valence-corrected chi connectivity index (χ0v) is 22.8. The van der Waals surface area contributed by atoms with Crippen molar-refractivity contribution in [3.63, 3.8) is 0 Å². The molecule has 0 amide bonds. The molecule has 0 radical (unpaired) electrons. The Morgan fingerprint density at radius 1 is 1.16 bits per heavy atom. The third-order valence-corrected chi connectivity index (χ3v) is 7.55. The molecule has 3 rings (SSSR count). The minimum Gasteiger partial charge on any atom is -0.357 e. The van der Waals surface area contributed by atoms with E-state index in [-0.39, 0.29) is 35.8 Å². The maximum atomic E-state index is 12.4. The molecule has 1 aromatic carbocycles. The van der Waals surface area contributed by atoms with E-state index in [1.807, 2.05) is 38.1 Å². The lowest BCUT2D eigenvalue weighted by Gasteiger charge is -2.24. The Kier molecular flexibility index (Phi) is 11.2. The normalized spacial score (nSPS) is 20.5. The number of sulfonamides is 1. The van der Waals surface area contributed by atoms with Crippen LogP contribution in [0.2, 0.25) is 0 Å². The molecule has 3 N–H and O–H groups in total. The SMILES string of the molecule is CCNC(=NCc1ccccc1CS(=O)(=O)NC(C)C)NC1CCN(C2CCCC2)C1.I. The van der Waals surface area contributed by atoms with Crippen molar-refractivity contribution in [1.82, 2.24) is 20.3 Å². The third-order valence-electron chi connectivity index (χ3n) is 6.03. The number of likely N-dealkylation sites (tertiary alicyclic amines) is 1. The summed E-state index contributed by atoms with van der Waals surface area (Å²) in [5.74, 6) is 0.776. The van der Waals surface area contributed by atoms with Gasteiger partial charge in [-0.05, 0) is 51.2 Å². The molecule has 2 aliphatic rings. The van der Waals surface area contributed by atoms with Gasteiger partial charge in [0.2, 0.25) is 10.0 Å². The van der Waals surface area contributed by atoms with Crippen LogP contribution in [0.3, 0.4) is 0 Å². The van der Waals surface area contributed by atoms with Crippen LogP contribution in [-0.4, -0.2) is 57.0 Å². The number of hydrogen-bond donors (Lipinski definition) is 3. The van der Waals surface area contributed by atoms with Crippen LogP contribution in [0.1, 0.15) is 64.0 Å². The number of guanidine groups is 1. The number of nitrogens with zero attached hydrogens (tertiary/aromatic N) is 2. The van der Waals surface area contributed by atoms with Crippen LogP contribution >= 0.6 is 24.0 Å². The highest BCUT2D eigenvalue weighted by Crippen LogP contribution is 2.26. The van der Waals surface area contributed by atoms with Gasteiger partial charge < -0.3 is 10.6 Å². The van der Waals surface area contributed by atoms with Crippen molar-refractivity contribution in [1.29, 1.82) is 0 Å². The van der Waals surface area contributed by atoms with Gasteiger partial charge >= 0.3 is 0 Å². The molecule has 2 fully saturated rings. The van der Waals surface area contributed by atoms with Gasteiger partial charge in [-0.15, -0.1) is 24.0 Å². The Morgan fingerprint density at radius 2 is 1.84 bits per heavy atom. The Labute approximate surface area is 211 Å². The molecule has 0 aromatic heterocycles. The van der Waals surface area contributed by atoms with E-state index in [2.05, 4.69) is 27.2 Å². The van der Waals surface area contributed by atoms with Crippen molar-refractivity contribution in [2.45, 2.75) is 83.3 Å². The standard InChI is InChI=1S/C23H39N5O2S.HI/c1-4-24-23(26-21-13-14-28(16-21)22-11-7-8-12-22)25-15-19-9-5-6-10-20(19)17-31(29,30)27-18(2)3;/h5-6,9-10,18,21-22,27H,4,7-8,11-17H2,1-3H3,(H2,24,25,26);1H. The van der Waals surface area contributed by atoms with E-state index in [1.54, 1.807) is 0 Å². The zero-order valence-electron chi connectivity index (χ0n) is 19.6. The van der Waals surface area contributed by atoms with E-state index in [4.69, 9.17) is 4.99 Å². The molecule has 1 atom stereocenters. The number of hydrogen-bond acceptors (Lipinski definition) is 4. The Bertz CT molecular complexity index is 841. The van der Waals surface area contributed by atoms with Crippen molar-refractivity contribution in [2.24, 2.45) is 4.99 Å². The number of aliphatic imine (C=N–C) groups is 1. The average molecular weight is 578 g/mol. The smallest absolute Gasteiger partial charge is 0.216 e. The summed E-state index contributed by atoms with van der Waals surface area (Å²) in [5, 5.41) is 6.95. The molecule has 0 bridgehead atoms. The van der Waals surface area contributed by atoms with Gasteiger partial charge in [-0.1, -0.05) is 37.1 Å². The van der Waals surface area contributed by atoms with Gasteiger partial charge in [0.1, 0.15) is 0 Å². The lowest BCUT2D eigenvalue weighted by Crippen LogP contribution is -2.45. The van der Waals surface area contributed by atoms with E-state index in [9.17, 15) is 8.42 Å². The maximum absolute atomic E-state index is 12.4. The fraction of sp³-hybridized carbons (Fsp3) is 0.696. The van der Waals surface area contributed by atoms with Crippen LogP contribution in [0.15, 0.2) is 29.3 Å². The average Bonchev–Trinajstić information content (AvgIpc) is 3.37. The predicted molar refractivity (Wildman–Crippen MR) is 143 cm³/mol. The second-order valence-electron chi connectivity index (χ2n) is 9.06. The Hall–Kier alpha value is -0.910. The zero-order chi connectivity index (χ0) is 22.3. The van der Waals surface area contributed by atoms with Crippen molar-refractivity contribution in [2.75, 3.05) is 19.6 Å². The molecule has 1 saturated carbocycles. The first-order valence-corrected chi connectivity index (χ1v) is 13.4. The summed E-state index contributed by atoms with van der Waals surface area (Å²) in [6, 6.07) is 8.71. The lowest BCUT2D eigenvalue weighted by molar-refractivity contribution is 0.242. The first-order chi connectivity index (χ1) is 14.9. The maximum Gasteiger partial charge on any atom is 0.216 e. The van der Waals surface area contributed by atoms with Crippen molar-refractivity contribution in [3.05, 3.63) is 35.4 Å². The Morgan fingerprint density at radius 3 is 2.50 bits per heavy atom. The molecule has 1 aliphatic carbocycles. The van der Waals surface area contributed by atoms with Gasteiger partial charge in [0.15, 0.2) is 5.96 Å². The van der Waals surface area contributed by atoms with E-state index in [0.717, 1.165) is 49.2 Å². The minimum absolute atomic E-state index is 0. The van der Waals surface area contributed by atoms with Crippen LogP contribution in [0.5, 0.6) is 0 Å². The summed E-state index contributed by atoms with van der Waals surface area (Å²) < 4.78 is 27.5. The van der Waals surface area contributed by atoms with Crippen LogP contribution in [0, 0.1) is 0 Å². The molecule has 1 aromatic rings. The summed E-state index contributed by atoms with van der Waals surface area (Å²) in [7, 11) is -3.37. The third kappa shape index (κ3) is 8.46. The molecule has 32 heavy (non-hydrogen) atoms. The van der Waals surface area contributed by atoms with Crippen LogP contribution in [0.4, 0.5) is 0 Å². The van der Waals surface area contributed by atoms with E-state index < -0.39 is 10.0 Å². The summed E-state index contributed by atoms with van der Waals surface area (Å²) in [4.78, 5) is 7.42. The van der Waals surface area contributed by atoms with E-state index >= 15 is 0 Å². The predicted octanol–water partition coefficient (Wildman–Crippen LogP) is 3.20. The molecule has 0 spiro atoms. The molecule has 1 unspecified atom stereocenters. The summed E-state index contributed by atoms with van der Waals surface area (Å²) in [6.45, 7) is 9.20. The molecule has 1 aliphatic heterocycles. The Balaban J connectivity index is 0.00000363. The fourth-order valence-electron chi connectivity index (χ4n) is 4.64. The highest BCUT2D eigenvalue weighted by atomic mass is 127. The molecule has 1 saturated heterocycles. The van der Waals surface area contributed by atoms with Crippen LogP contribution in [0.25, 0.3) is 0 Å². The summed E-state index contributed by atoms with van der Waals surface area (Å²) in [5.41, 5.74) is 1.73. The van der Waals surface area contributed by atoms with E-state index in [1.165, 1.54) is 25.7 Å². The lowest BCUT2D eigenvalue weighted by atomic mass is 10.1. The van der Waals surface area contributed by atoms with Gasteiger partial charge in [-0.25, -0.2) is 18.1 Å².